The van der Waals surface area contributed by atoms with Crippen LogP contribution in [0.15, 0.2) is 29.4 Å². The quantitative estimate of drug-likeness (QED) is 0.798. The molecular weight excluding hydrogens is 280 g/mol. The topological polar surface area (TPSA) is 41.4 Å². The van der Waals surface area contributed by atoms with Gasteiger partial charge in [0.25, 0.3) is 0 Å². The third kappa shape index (κ3) is 2.31. The number of aliphatic imine (C=N–C) groups is 1. The van der Waals surface area contributed by atoms with Gasteiger partial charge in [-0.3, -0.25) is 0 Å². The van der Waals surface area contributed by atoms with Gasteiger partial charge < -0.3 is 4.90 Å². The van der Waals surface area contributed by atoms with Crippen molar-refractivity contribution in [2.45, 2.75) is 20.8 Å². The predicted octanol–water partition coefficient (Wildman–Crippen LogP) is 4.01. The lowest BCUT2D eigenvalue weighted by Gasteiger charge is -2.23. The monoisotopic (exact) mass is 298 g/mol. The van der Waals surface area contributed by atoms with E-state index in [1.54, 1.807) is 11.8 Å². The number of aryl methyl sites for hydroxylation is 2. The van der Waals surface area contributed by atoms with Crippen molar-refractivity contribution in [1.29, 1.82) is 0 Å². The number of pyridine rings is 2. The van der Waals surface area contributed by atoms with Crippen molar-refractivity contribution in [3.05, 3.63) is 41.2 Å². The van der Waals surface area contributed by atoms with Crippen LogP contribution < -0.4 is 4.90 Å². The molecule has 1 aliphatic rings. The van der Waals surface area contributed by atoms with Gasteiger partial charge in [-0.2, -0.15) is 0 Å². The lowest BCUT2D eigenvalue weighted by Crippen LogP contribution is -2.20. The van der Waals surface area contributed by atoms with Gasteiger partial charge in [0.15, 0.2) is 5.82 Å². The zero-order chi connectivity index (χ0) is 15.0. The van der Waals surface area contributed by atoms with Gasteiger partial charge in [-0.1, -0.05) is 0 Å². The molecule has 0 N–H and O–H groups in total. The Hall–Kier alpha value is -1.88. The van der Waals surface area contributed by atoms with Crippen LogP contribution in [0.1, 0.15) is 23.7 Å². The maximum absolute atomic E-state index is 4.87. The first-order valence-corrected chi connectivity index (χ1v) is 8.22. The van der Waals surface area contributed by atoms with Gasteiger partial charge in [-0.25, -0.2) is 15.0 Å². The Morgan fingerprint density at radius 1 is 1.24 bits per heavy atom. The Labute approximate surface area is 129 Å². The standard InChI is InChI=1S/C16H18N4S/c1-5-20-14-12(7-6-8-17-14)16(21-4)19-13-10(2)9-11(3)18-15(13)20/h6-9H,5H2,1-4H3. The fraction of sp³-hybridized carbons (Fsp3) is 0.312. The minimum Gasteiger partial charge on any atom is -0.309 e. The highest BCUT2D eigenvalue weighted by Gasteiger charge is 2.25. The molecule has 1 aliphatic heterocycles. The minimum atomic E-state index is 0.810. The van der Waals surface area contributed by atoms with Gasteiger partial charge >= 0.3 is 0 Å². The lowest BCUT2D eigenvalue weighted by atomic mass is 10.2. The van der Waals surface area contributed by atoms with Crippen LogP contribution in [0.2, 0.25) is 0 Å². The smallest absolute Gasteiger partial charge is 0.160 e. The van der Waals surface area contributed by atoms with Crippen molar-refractivity contribution in [3.8, 4) is 0 Å². The van der Waals surface area contributed by atoms with E-state index >= 15 is 0 Å². The SMILES string of the molecule is CCN1c2ncccc2C(SC)=Nc2c(C)cc(C)nc21. The average molecular weight is 298 g/mol. The van der Waals surface area contributed by atoms with Crippen LogP contribution >= 0.6 is 11.8 Å². The summed E-state index contributed by atoms with van der Waals surface area (Å²) in [4.78, 5) is 16.3. The minimum absolute atomic E-state index is 0.810. The zero-order valence-electron chi connectivity index (χ0n) is 12.7. The highest BCUT2D eigenvalue weighted by Crippen LogP contribution is 2.40. The maximum Gasteiger partial charge on any atom is 0.160 e. The summed E-state index contributed by atoms with van der Waals surface area (Å²) in [6.07, 6.45) is 3.88. The number of rotatable bonds is 1. The average Bonchev–Trinajstić information content (AvgIpc) is 2.61. The normalized spacial score (nSPS) is 13.3. The summed E-state index contributed by atoms with van der Waals surface area (Å²) >= 11 is 1.65. The first-order chi connectivity index (χ1) is 10.2. The van der Waals surface area contributed by atoms with Crippen LogP contribution in [0, 0.1) is 13.8 Å². The molecule has 0 saturated heterocycles. The molecule has 0 aromatic carbocycles. The summed E-state index contributed by atoms with van der Waals surface area (Å²) < 4.78 is 0. The molecular formula is C16H18N4S. The van der Waals surface area contributed by atoms with Crippen LogP contribution in [0.3, 0.4) is 0 Å². The summed E-state index contributed by atoms with van der Waals surface area (Å²) in [7, 11) is 0. The summed E-state index contributed by atoms with van der Waals surface area (Å²) in [5, 5.41) is 0.990. The van der Waals surface area contributed by atoms with Crippen LogP contribution in [0.5, 0.6) is 0 Å². The van der Waals surface area contributed by atoms with E-state index in [-0.39, 0.29) is 0 Å². The van der Waals surface area contributed by atoms with Crippen LogP contribution in [0.4, 0.5) is 17.3 Å². The van der Waals surface area contributed by atoms with Gasteiger partial charge in [0.1, 0.15) is 16.5 Å². The second-order valence-electron chi connectivity index (χ2n) is 4.99. The fourth-order valence-corrected chi connectivity index (χ4v) is 3.19. The molecule has 0 unspecified atom stereocenters. The Morgan fingerprint density at radius 2 is 2.05 bits per heavy atom. The van der Waals surface area contributed by atoms with E-state index < -0.39 is 0 Å². The molecule has 108 valence electrons. The van der Waals surface area contributed by atoms with Crippen molar-refractivity contribution in [3.63, 3.8) is 0 Å². The number of anilines is 2. The van der Waals surface area contributed by atoms with Crippen molar-refractivity contribution >= 4 is 34.1 Å². The number of hydrogen-bond acceptors (Lipinski definition) is 5. The summed E-state index contributed by atoms with van der Waals surface area (Å²) in [5.74, 6) is 1.84. The molecule has 0 fully saturated rings. The van der Waals surface area contributed by atoms with E-state index in [2.05, 4.69) is 35.9 Å². The summed E-state index contributed by atoms with van der Waals surface area (Å²) in [6, 6.07) is 6.12. The molecule has 2 aromatic heterocycles. The number of fused-ring (bicyclic) bond motifs is 2. The third-order valence-electron chi connectivity index (χ3n) is 3.54. The number of aromatic nitrogens is 2. The zero-order valence-corrected chi connectivity index (χ0v) is 13.5. The number of nitrogens with zero attached hydrogens (tertiary/aromatic N) is 4. The van der Waals surface area contributed by atoms with E-state index in [1.165, 1.54) is 0 Å². The number of hydrogen-bond donors (Lipinski definition) is 0. The predicted molar refractivity (Wildman–Crippen MR) is 90.3 cm³/mol. The molecule has 0 radical (unpaired) electrons. The Kier molecular flexibility index (Phi) is 3.68. The molecule has 0 aliphatic carbocycles. The van der Waals surface area contributed by atoms with E-state index in [0.717, 1.165) is 45.7 Å². The molecule has 21 heavy (non-hydrogen) atoms. The largest absolute Gasteiger partial charge is 0.309 e. The van der Waals surface area contributed by atoms with Crippen molar-refractivity contribution in [2.75, 3.05) is 17.7 Å². The van der Waals surface area contributed by atoms with Gasteiger partial charge in [-0.15, -0.1) is 11.8 Å². The van der Waals surface area contributed by atoms with Crippen molar-refractivity contribution in [2.24, 2.45) is 4.99 Å². The van der Waals surface area contributed by atoms with Gasteiger partial charge in [0.2, 0.25) is 0 Å². The van der Waals surface area contributed by atoms with Crippen LogP contribution in [0.25, 0.3) is 0 Å². The fourth-order valence-electron chi connectivity index (χ4n) is 2.63. The molecule has 0 amide bonds. The molecule has 4 nitrogen and oxygen atoms in total. The maximum atomic E-state index is 4.87. The Bertz CT molecular complexity index is 724. The van der Waals surface area contributed by atoms with Crippen molar-refractivity contribution < 1.29 is 0 Å². The molecule has 3 heterocycles. The van der Waals surface area contributed by atoms with Gasteiger partial charge in [0, 0.05) is 24.0 Å². The molecule has 0 bridgehead atoms. The molecule has 3 rings (SSSR count). The van der Waals surface area contributed by atoms with E-state index in [4.69, 9.17) is 9.98 Å². The second-order valence-corrected chi connectivity index (χ2v) is 5.79. The highest BCUT2D eigenvalue weighted by atomic mass is 32.2. The Balaban J connectivity index is 2.36. The lowest BCUT2D eigenvalue weighted by molar-refractivity contribution is 0.952. The molecule has 0 atom stereocenters. The van der Waals surface area contributed by atoms with E-state index in [0.29, 0.717) is 0 Å². The first kappa shape index (κ1) is 14.1. The molecule has 5 heteroatoms. The summed E-state index contributed by atoms with van der Waals surface area (Å²) in [6.45, 7) is 7.03. The van der Waals surface area contributed by atoms with E-state index in [1.807, 2.05) is 25.4 Å². The second kappa shape index (κ2) is 5.48. The molecule has 0 spiro atoms. The first-order valence-electron chi connectivity index (χ1n) is 6.99. The van der Waals surface area contributed by atoms with Crippen LogP contribution in [-0.2, 0) is 0 Å². The molecule has 2 aromatic rings. The Morgan fingerprint density at radius 3 is 2.76 bits per heavy atom. The highest BCUT2D eigenvalue weighted by molar-refractivity contribution is 8.13. The number of thioether (sulfide) groups is 1. The van der Waals surface area contributed by atoms with Crippen LogP contribution in [-0.4, -0.2) is 27.8 Å². The van der Waals surface area contributed by atoms with Gasteiger partial charge in [0.05, 0.1) is 0 Å². The third-order valence-corrected chi connectivity index (χ3v) is 4.24. The summed E-state index contributed by atoms with van der Waals surface area (Å²) in [5.41, 5.74) is 4.17. The van der Waals surface area contributed by atoms with Crippen molar-refractivity contribution in [1.82, 2.24) is 9.97 Å². The molecule has 0 saturated carbocycles. The van der Waals surface area contributed by atoms with E-state index in [9.17, 15) is 0 Å². The van der Waals surface area contributed by atoms with Gasteiger partial charge in [-0.05, 0) is 50.8 Å².